The number of hydrazone groups is 1. The Labute approximate surface area is 94.5 Å². The molecule has 0 aromatic heterocycles. The lowest BCUT2D eigenvalue weighted by atomic mass is 10.3. The first kappa shape index (κ1) is 10.7. The molecular weight excluding hydrogens is 204 g/mol. The first-order valence-electron chi connectivity index (χ1n) is 5.28. The van der Waals surface area contributed by atoms with Crippen molar-refractivity contribution in [2.75, 3.05) is 13.2 Å². The number of carbonyl (C=O) groups excluding carboxylic acids is 1. The van der Waals surface area contributed by atoms with Gasteiger partial charge in [-0.15, -0.1) is 0 Å². The smallest absolute Gasteiger partial charge is 0.248 e. The molecule has 2 rings (SSSR count). The summed E-state index contributed by atoms with van der Waals surface area (Å²) in [4.78, 5) is 11.4. The van der Waals surface area contributed by atoms with Crippen LogP contribution < -0.4 is 4.74 Å². The Morgan fingerprint density at radius 1 is 1.38 bits per heavy atom. The SMILES string of the molecule is CC1=NN(CCOc2ccccc2)C(=O)C1. The van der Waals surface area contributed by atoms with E-state index >= 15 is 0 Å². The van der Waals surface area contributed by atoms with E-state index in [2.05, 4.69) is 5.10 Å². The first-order chi connectivity index (χ1) is 7.75. The summed E-state index contributed by atoms with van der Waals surface area (Å²) < 4.78 is 5.49. The lowest BCUT2D eigenvalue weighted by Crippen LogP contribution is -2.25. The maximum absolute atomic E-state index is 11.4. The van der Waals surface area contributed by atoms with Crippen LogP contribution >= 0.6 is 0 Å². The van der Waals surface area contributed by atoms with Crippen LogP contribution in [0, 0.1) is 0 Å². The van der Waals surface area contributed by atoms with E-state index in [0.717, 1.165) is 11.5 Å². The third kappa shape index (κ3) is 2.59. The molecule has 0 unspecified atom stereocenters. The Balaban J connectivity index is 1.79. The van der Waals surface area contributed by atoms with Gasteiger partial charge in [-0.1, -0.05) is 18.2 Å². The molecule has 1 aromatic carbocycles. The second kappa shape index (κ2) is 4.79. The van der Waals surface area contributed by atoms with Crippen LogP contribution in [0.5, 0.6) is 5.75 Å². The van der Waals surface area contributed by atoms with Gasteiger partial charge in [0.05, 0.1) is 13.0 Å². The highest BCUT2D eigenvalue weighted by Gasteiger charge is 2.20. The minimum atomic E-state index is 0.0501. The highest BCUT2D eigenvalue weighted by molar-refractivity contribution is 6.03. The maximum atomic E-state index is 11.4. The molecule has 16 heavy (non-hydrogen) atoms. The molecule has 0 saturated heterocycles. The van der Waals surface area contributed by atoms with Crippen LogP contribution in [-0.4, -0.2) is 29.8 Å². The second-order valence-electron chi connectivity index (χ2n) is 3.69. The predicted molar refractivity (Wildman–Crippen MR) is 61.4 cm³/mol. The average Bonchev–Trinajstić information content (AvgIpc) is 2.59. The van der Waals surface area contributed by atoms with Gasteiger partial charge in [-0.25, -0.2) is 5.01 Å². The summed E-state index contributed by atoms with van der Waals surface area (Å²) >= 11 is 0. The molecule has 0 aliphatic carbocycles. The van der Waals surface area contributed by atoms with Crippen molar-refractivity contribution in [3.8, 4) is 5.75 Å². The number of ether oxygens (including phenoxy) is 1. The molecule has 1 aromatic rings. The number of hydrogen-bond donors (Lipinski definition) is 0. The first-order valence-corrected chi connectivity index (χ1v) is 5.28. The van der Waals surface area contributed by atoms with Gasteiger partial charge in [0, 0.05) is 5.71 Å². The Kier molecular flexibility index (Phi) is 3.19. The number of rotatable bonds is 4. The van der Waals surface area contributed by atoms with Gasteiger partial charge in [-0.3, -0.25) is 4.79 Å². The van der Waals surface area contributed by atoms with E-state index in [1.165, 1.54) is 5.01 Å². The third-order valence-corrected chi connectivity index (χ3v) is 2.30. The van der Waals surface area contributed by atoms with Crippen molar-refractivity contribution in [1.29, 1.82) is 0 Å². The average molecular weight is 218 g/mol. The van der Waals surface area contributed by atoms with Crippen LogP contribution in [0.1, 0.15) is 13.3 Å². The standard InChI is InChI=1S/C12H14N2O2/c1-10-9-12(15)14(13-10)7-8-16-11-5-3-2-4-6-11/h2-6H,7-9H2,1H3. The van der Waals surface area contributed by atoms with Gasteiger partial charge < -0.3 is 4.74 Å². The molecule has 0 radical (unpaired) electrons. The molecular formula is C12H14N2O2. The molecule has 0 fully saturated rings. The minimum absolute atomic E-state index is 0.0501. The zero-order valence-electron chi connectivity index (χ0n) is 9.22. The van der Waals surface area contributed by atoms with Gasteiger partial charge in [-0.2, -0.15) is 5.10 Å². The van der Waals surface area contributed by atoms with E-state index in [-0.39, 0.29) is 5.91 Å². The summed E-state index contributed by atoms with van der Waals surface area (Å²) in [5.74, 6) is 0.865. The molecule has 4 nitrogen and oxygen atoms in total. The number of hydrogen-bond acceptors (Lipinski definition) is 3. The number of amides is 1. The van der Waals surface area contributed by atoms with E-state index in [1.807, 2.05) is 37.3 Å². The summed E-state index contributed by atoms with van der Waals surface area (Å²) in [6, 6.07) is 9.54. The normalized spacial score (nSPS) is 15.2. The predicted octanol–water partition coefficient (Wildman–Crippen LogP) is 1.67. The molecule has 1 amide bonds. The van der Waals surface area contributed by atoms with Gasteiger partial charge in [0.2, 0.25) is 5.91 Å². The molecule has 1 heterocycles. The summed E-state index contributed by atoms with van der Waals surface area (Å²) in [7, 11) is 0. The van der Waals surface area contributed by atoms with Crippen LogP contribution in [0.3, 0.4) is 0 Å². The zero-order chi connectivity index (χ0) is 11.4. The molecule has 1 aliphatic heterocycles. The monoisotopic (exact) mass is 218 g/mol. The second-order valence-corrected chi connectivity index (χ2v) is 3.69. The van der Waals surface area contributed by atoms with Gasteiger partial charge in [0.1, 0.15) is 12.4 Å². The minimum Gasteiger partial charge on any atom is -0.492 e. The Bertz CT molecular complexity index is 401. The lowest BCUT2D eigenvalue weighted by Gasteiger charge is -2.12. The summed E-state index contributed by atoms with van der Waals surface area (Å²) in [5, 5.41) is 5.59. The van der Waals surface area contributed by atoms with Crippen LogP contribution in [0.25, 0.3) is 0 Å². The van der Waals surface area contributed by atoms with E-state index in [4.69, 9.17) is 4.74 Å². The van der Waals surface area contributed by atoms with Crippen molar-refractivity contribution >= 4 is 11.6 Å². The Hall–Kier alpha value is -1.84. The molecule has 1 aliphatic rings. The van der Waals surface area contributed by atoms with Gasteiger partial charge in [0.25, 0.3) is 0 Å². The van der Waals surface area contributed by atoms with Crippen LogP contribution in [0.2, 0.25) is 0 Å². The zero-order valence-corrected chi connectivity index (χ0v) is 9.22. The van der Waals surface area contributed by atoms with Crippen molar-refractivity contribution < 1.29 is 9.53 Å². The number of nitrogens with zero attached hydrogens (tertiary/aromatic N) is 2. The highest BCUT2D eigenvalue weighted by atomic mass is 16.5. The highest BCUT2D eigenvalue weighted by Crippen LogP contribution is 2.10. The fourth-order valence-corrected chi connectivity index (χ4v) is 1.55. The van der Waals surface area contributed by atoms with Crippen molar-refractivity contribution in [2.45, 2.75) is 13.3 Å². The summed E-state index contributed by atoms with van der Waals surface area (Å²) in [5.41, 5.74) is 0.865. The quantitative estimate of drug-likeness (QED) is 0.771. The van der Waals surface area contributed by atoms with Crippen molar-refractivity contribution in [1.82, 2.24) is 5.01 Å². The molecule has 0 atom stereocenters. The van der Waals surface area contributed by atoms with Crippen LogP contribution in [-0.2, 0) is 4.79 Å². The Morgan fingerprint density at radius 3 is 2.75 bits per heavy atom. The Morgan fingerprint density at radius 2 is 2.12 bits per heavy atom. The van der Waals surface area contributed by atoms with Crippen molar-refractivity contribution in [3.05, 3.63) is 30.3 Å². The molecule has 0 N–H and O–H groups in total. The fraction of sp³-hybridized carbons (Fsp3) is 0.333. The van der Waals surface area contributed by atoms with Gasteiger partial charge in [0.15, 0.2) is 0 Å². The number of benzene rings is 1. The topological polar surface area (TPSA) is 41.9 Å². The van der Waals surface area contributed by atoms with Crippen molar-refractivity contribution in [2.24, 2.45) is 5.10 Å². The maximum Gasteiger partial charge on any atom is 0.248 e. The fourth-order valence-electron chi connectivity index (χ4n) is 1.55. The van der Waals surface area contributed by atoms with Gasteiger partial charge in [-0.05, 0) is 19.1 Å². The van der Waals surface area contributed by atoms with Crippen LogP contribution in [0.15, 0.2) is 35.4 Å². The summed E-state index contributed by atoms with van der Waals surface area (Å²) in [6.45, 7) is 2.83. The number of carbonyl (C=O) groups is 1. The van der Waals surface area contributed by atoms with E-state index in [0.29, 0.717) is 19.6 Å². The van der Waals surface area contributed by atoms with E-state index < -0.39 is 0 Å². The number of para-hydroxylation sites is 1. The molecule has 0 bridgehead atoms. The molecule has 4 heteroatoms. The largest absolute Gasteiger partial charge is 0.492 e. The molecule has 0 spiro atoms. The molecule has 0 saturated carbocycles. The van der Waals surface area contributed by atoms with E-state index in [9.17, 15) is 4.79 Å². The lowest BCUT2D eigenvalue weighted by molar-refractivity contribution is -0.128. The summed E-state index contributed by atoms with van der Waals surface area (Å²) in [6.07, 6.45) is 0.436. The van der Waals surface area contributed by atoms with Crippen LogP contribution in [0.4, 0.5) is 0 Å². The van der Waals surface area contributed by atoms with E-state index in [1.54, 1.807) is 0 Å². The van der Waals surface area contributed by atoms with Gasteiger partial charge >= 0.3 is 0 Å². The van der Waals surface area contributed by atoms with Crippen molar-refractivity contribution in [3.63, 3.8) is 0 Å². The molecule has 84 valence electrons. The third-order valence-electron chi connectivity index (χ3n) is 2.30.